The molecule has 2 aliphatic carbocycles. The molecule has 2 aliphatic rings. The second-order valence-electron chi connectivity index (χ2n) is 9.97. The highest BCUT2D eigenvalue weighted by Gasteiger charge is 2.32. The predicted molar refractivity (Wildman–Crippen MR) is 147 cm³/mol. The monoisotopic (exact) mass is 544 g/mol. The Hall–Kier alpha value is -2.46. The predicted octanol–water partition coefficient (Wildman–Crippen LogP) is 5.90. The quantitative estimate of drug-likeness (QED) is 0.334. The van der Waals surface area contributed by atoms with Gasteiger partial charge >= 0.3 is 0 Å². The third-order valence-electron chi connectivity index (χ3n) is 7.10. The summed E-state index contributed by atoms with van der Waals surface area (Å²) >= 11 is 3.94. The third-order valence-corrected chi connectivity index (χ3v) is 8.09. The standard InChI is InChI=1S/C27H36ClN5O3S/c1-16(2)36-24-14-20(18-9-11-19(29-4)12-10-18)17(3)13-23(24)32-27-30-15-21(28)26(33-27)31-22-7-5-6-8-25(22)37(34)35/h5-8,13,15-16,18-20,29H,9-12,14H2,1-4H3,(H,34,35)(H2,30,31,32,33)/p-1. The molecule has 0 amide bonds. The SMILES string of the molecule is CNC1CCC(C2CC(OC(C)C)=C(Nc3ncc(Cl)c(Nc4ccccc4S(=O)[O-])n3)C=C2C)CC1. The molecule has 8 nitrogen and oxygen atoms in total. The molecule has 1 aromatic heterocycles. The first-order valence-corrected chi connectivity index (χ1v) is 14.2. The molecule has 1 aromatic carbocycles. The summed E-state index contributed by atoms with van der Waals surface area (Å²) in [5, 5.41) is 10.0. The number of nitrogens with one attached hydrogen (secondary N) is 3. The topological polar surface area (TPSA) is 111 Å². The van der Waals surface area contributed by atoms with E-state index in [1.807, 2.05) is 13.8 Å². The van der Waals surface area contributed by atoms with E-state index in [0.717, 1.165) is 17.9 Å². The summed E-state index contributed by atoms with van der Waals surface area (Å²) < 4.78 is 29.5. The summed E-state index contributed by atoms with van der Waals surface area (Å²) in [4.78, 5) is 9.02. The highest BCUT2D eigenvalue weighted by atomic mass is 35.5. The van der Waals surface area contributed by atoms with Crippen LogP contribution in [0, 0.1) is 11.8 Å². The van der Waals surface area contributed by atoms with E-state index < -0.39 is 11.1 Å². The second kappa shape index (κ2) is 12.4. The van der Waals surface area contributed by atoms with Crippen molar-refractivity contribution in [2.24, 2.45) is 11.8 Å². The lowest BCUT2D eigenvalue weighted by atomic mass is 9.72. The van der Waals surface area contributed by atoms with Gasteiger partial charge in [0, 0.05) is 17.4 Å². The Bertz CT molecular complexity index is 1190. The highest BCUT2D eigenvalue weighted by molar-refractivity contribution is 7.79. The summed E-state index contributed by atoms with van der Waals surface area (Å²) in [7, 11) is 2.05. The molecule has 2 atom stereocenters. The molecule has 2 aromatic rings. The van der Waals surface area contributed by atoms with Crippen molar-refractivity contribution in [2.75, 3.05) is 17.7 Å². The smallest absolute Gasteiger partial charge is 0.229 e. The summed E-state index contributed by atoms with van der Waals surface area (Å²) in [6.07, 6.45) is 9.34. The van der Waals surface area contributed by atoms with Crippen LogP contribution in [0.15, 0.2) is 58.5 Å². The Balaban J connectivity index is 1.56. The molecule has 4 rings (SSSR count). The molecule has 1 fully saturated rings. The van der Waals surface area contributed by atoms with Gasteiger partial charge in [0.05, 0.1) is 23.7 Å². The second-order valence-corrected chi connectivity index (χ2v) is 11.3. The van der Waals surface area contributed by atoms with Crippen LogP contribution in [0.5, 0.6) is 0 Å². The van der Waals surface area contributed by atoms with Gasteiger partial charge in [0.25, 0.3) is 0 Å². The van der Waals surface area contributed by atoms with Crippen LogP contribution >= 0.6 is 11.6 Å². The first-order valence-electron chi connectivity index (χ1n) is 12.7. The minimum atomic E-state index is -2.40. The van der Waals surface area contributed by atoms with Gasteiger partial charge in [-0.15, -0.1) is 0 Å². The van der Waals surface area contributed by atoms with Crippen molar-refractivity contribution in [1.29, 1.82) is 0 Å². The van der Waals surface area contributed by atoms with Gasteiger partial charge in [-0.3, -0.25) is 4.21 Å². The normalized spacial score (nSPS) is 23.0. The highest BCUT2D eigenvalue weighted by Crippen LogP contribution is 2.41. The summed E-state index contributed by atoms with van der Waals surface area (Å²) in [6.45, 7) is 6.25. The number of allylic oxidation sites excluding steroid dienone is 3. The van der Waals surface area contributed by atoms with Gasteiger partial charge in [0.1, 0.15) is 10.8 Å². The maximum absolute atomic E-state index is 11.6. The van der Waals surface area contributed by atoms with Gasteiger partial charge in [0.15, 0.2) is 5.82 Å². The molecule has 1 saturated carbocycles. The number of hydrogen-bond donors (Lipinski definition) is 3. The third kappa shape index (κ3) is 6.90. The Labute approximate surface area is 226 Å². The Kier molecular flexibility index (Phi) is 9.23. The van der Waals surface area contributed by atoms with E-state index in [4.69, 9.17) is 16.3 Å². The Morgan fingerprint density at radius 1 is 1.16 bits per heavy atom. The number of benzene rings is 1. The van der Waals surface area contributed by atoms with Crippen molar-refractivity contribution in [1.82, 2.24) is 15.3 Å². The van der Waals surface area contributed by atoms with Crippen LogP contribution in [0.3, 0.4) is 0 Å². The van der Waals surface area contributed by atoms with Gasteiger partial charge in [-0.2, -0.15) is 4.98 Å². The van der Waals surface area contributed by atoms with Crippen LogP contribution in [0.4, 0.5) is 17.5 Å². The van der Waals surface area contributed by atoms with Crippen LogP contribution in [-0.2, 0) is 15.8 Å². The zero-order valence-corrected chi connectivity index (χ0v) is 23.3. The maximum atomic E-state index is 11.6. The lowest BCUT2D eigenvalue weighted by molar-refractivity contribution is 0.120. The maximum Gasteiger partial charge on any atom is 0.229 e. The minimum absolute atomic E-state index is 0.0344. The van der Waals surface area contributed by atoms with Crippen molar-refractivity contribution in [2.45, 2.75) is 69.9 Å². The fourth-order valence-electron chi connectivity index (χ4n) is 5.21. The van der Waals surface area contributed by atoms with Gasteiger partial charge in [-0.25, -0.2) is 4.98 Å². The molecule has 0 saturated heterocycles. The number of halogens is 1. The van der Waals surface area contributed by atoms with E-state index in [1.165, 1.54) is 43.5 Å². The number of nitrogens with zero attached hydrogens (tertiary/aromatic N) is 2. The van der Waals surface area contributed by atoms with E-state index in [1.54, 1.807) is 18.2 Å². The molecule has 0 aliphatic heterocycles. The summed E-state index contributed by atoms with van der Waals surface area (Å²) in [5.41, 5.74) is 2.54. The number of hydrogen-bond acceptors (Lipinski definition) is 8. The van der Waals surface area contributed by atoms with Crippen molar-refractivity contribution < 1.29 is 13.5 Å². The molecule has 200 valence electrons. The van der Waals surface area contributed by atoms with Gasteiger partial charge in [-0.1, -0.05) is 29.3 Å². The van der Waals surface area contributed by atoms with E-state index in [0.29, 0.717) is 35.3 Å². The van der Waals surface area contributed by atoms with Crippen molar-refractivity contribution in [3.8, 4) is 0 Å². The molecule has 1 heterocycles. The molecule has 0 bridgehead atoms. The van der Waals surface area contributed by atoms with Crippen LogP contribution < -0.4 is 16.0 Å². The van der Waals surface area contributed by atoms with Crippen molar-refractivity contribution >= 4 is 40.1 Å². The number of para-hydroxylation sites is 1. The van der Waals surface area contributed by atoms with Crippen LogP contribution in [0.25, 0.3) is 0 Å². The van der Waals surface area contributed by atoms with Crippen molar-refractivity contribution in [3.05, 3.63) is 58.6 Å². The first-order chi connectivity index (χ1) is 17.7. The largest absolute Gasteiger partial charge is 0.768 e. The zero-order valence-electron chi connectivity index (χ0n) is 21.7. The molecule has 0 spiro atoms. The van der Waals surface area contributed by atoms with E-state index in [9.17, 15) is 8.76 Å². The number of anilines is 3. The lowest BCUT2D eigenvalue weighted by Gasteiger charge is -2.37. The number of aromatic nitrogens is 2. The average Bonchev–Trinajstić information content (AvgIpc) is 2.87. The minimum Gasteiger partial charge on any atom is -0.768 e. The Morgan fingerprint density at radius 2 is 1.89 bits per heavy atom. The van der Waals surface area contributed by atoms with E-state index in [2.05, 4.69) is 46.0 Å². The molecule has 3 N–H and O–H groups in total. The van der Waals surface area contributed by atoms with Crippen molar-refractivity contribution in [3.63, 3.8) is 0 Å². The number of rotatable bonds is 9. The Morgan fingerprint density at radius 3 is 2.57 bits per heavy atom. The summed E-state index contributed by atoms with van der Waals surface area (Å²) in [6, 6.07) is 7.19. The van der Waals surface area contributed by atoms with E-state index in [-0.39, 0.29) is 16.0 Å². The van der Waals surface area contributed by atoms with E-state index >= 15 is 0 Å². The molecule has 37 heavy (non-hydrogen) atoms. The molecule has 2 unspecified atom stereocenters. The van der Waals surface area contributed by atoms with Gasteiger partial charge in [0.2, 0.25) is 5.95 Å². The fourth-order valence-corrected chi connectivity index (χ4v) is 5.84. The molecular formula is C27H35ClN5O3S-. The van der Waals surface area contributed by atoms with Crippen LogP contribution in [0.2, 0.25) is 5.02 Å². The summed E-state index contributed by atoms with van der Waals surface area (Å²) in [5.74, 6) is 2.64. The lowest BCUT2D eigenvalue weighted by Crippen LogP contribution is -2.33. The van der Waals surface area contributed by atoms with Crippen LogP contribution in [0.1, 0.15) is 52.9 Å². The van der Waals surface area contributed by atoms with Gasteiger partial charge in [-0.05, 0) is 94.6 Å². The van der Waals surface area contributed by atoms with Gasteiger partial charge < -0.3 is 25.2 Å². The average molecular weight is 545 g/mol. The van der Waals surface area contributed by atoms with Crippen LogP contribution in [-0.4, -0.2) is 37.9 Å². The fraction of sp³-hybridized carbons (Fsp3) is 0.481. The molecular weight excluding hydrogens is 510 g/mol. The molecule has 0 radical (unpaired) electrons. The number of ether oxygens (including phenoxy) is 1. The molecule has 10 heteroatoms. The first kappa shape index (κ1) is 27.6. The zero-order chi connectivity index (χ0) is 26.5.